The molecule has 0 unspecified atom stereocenters. The van der Waals surface area contributed by atoms with Crippen molar-refractivity contribution in [2.45, 2.75) is 19.3 Å². The van der Waals surface area contributed by atoms with E-state index in [9.17, 15) is 9.59 Å². The lowest BCUT2D eigenvalue weighted by Gasteiger charge is -2.20. The average Bonchev–Trinajstić information content (AvgIpc) is 2.39. The standard InChI is InChI=1S/C14H20N4O2/c1-18(2)14(20)5-6-16-12-8-11-9(7-10(12)15)3-4-13(19)17-11/h7-8,16H,3-6,15H2,1-2H3,(H,17,19). The van der Waals surface area contributed by atoms with Crippen LogP contribution in [0, 0.1) is 0 Å². The highest BCUT2D eigenvalue weighted by Gasteiger charge is 2.16. The number of rotatable bonds is 4. The summed E-state index contributed by atoms with van der Waals surface area (Å²) in [6, 6.07) is 3.72. The van der Waals surface area contributed by atoms with Crippen LogP contribution in [0.3, 0.4) is 0 Å². The molecule has 2 rings (SSSR count). The van der Waals surface area contributed by atoms with Gasteiger partial charge in [0.25, 0.3) is 0 Å². The van der Waals surface area contributed by atoms with Crippen molar-refractivity contribution >= 4 is 28.9 Å². The average molecular weight is 276 g/mol. The predicted octanol–water partition coefficient (Wildman–Crippen LogP) is 1.04. The first-order valence-electron chi connectivity index (χ1n) is 6.63. The van der Waals surface area contributed by atoms with Gasteiger partial charge >= 0.3 is 0 Å². The molecular weight excluding hydrogens is 256 g/mol. The molecule has 0 bridgehead atoms. The second-order valence-electron chi connectivity index (χ2n) is 5.11. The largest absolute Gasteiger partial charge is 0.397 e. The van der Waals surface area contributed by atoms with Crippen LogP contribution in [0.5, 0.6) is 0 Å². The van der Waals surface area contributed by atoms with Crippen LogP contribution >= 0.6 is 0 Å². The summed E-state index contributed by atoms with van der Waals surface area (Å²) in [5.41, 5.74) is 9.22. The molecule has 0 aromatic heterocycles. The molecule has 0 saturated carbocycles. The normalized spacial score (nSPS) is 13.4. The molecule has 1 aliphatic heterocycles. The van der Waals surface area contributed by atoms with Crippen LogP contribution in [0.15, 0.2) is 12.1 Å². The van der Waals surface area contributed by atoms with Gasteiger partial charge in [-0.15, -0.1) is 0 Å². The van der Waals surface area contributed by atoms with Gasteiger partial charge in [0.05, 0.1) is 11.4 Å². The number of nitrogens with two attached hydrogens (primary N) is 1. The van der Waals surface area contributed by atoms with E-state index in [4.69, 9.17) is 5.73 Å². The Kier molecular flexibility index (Phi) is 4.12. The Hall–Kier alpha value is -2.24. The molecule has 0 radical (unpaired) electrons. The van der Waals surface area contributed by atoms with Gasteiger partial charge in [0.1, 0.15) is 0 Å². The maximum absolute atomic E-state index is 11.5. The molecule has 4 N–H and O–H groups in total. The first-order valence-corrected chi connectivity index (χ1v) is 6.63. The van der Waals surface area contributed by atoms with Crippen molar-refractivity contribution in [3.05, 3.63) is 17.7 Å². The molecule has 108 valence electrons. The van der Waals surface area contributed by atoms with Gasteiger partial charge in [-0.3, -0.25) is 9.59 Å². The summed E-state index contributed by atoms with van der Waals surface area (Å²) >= 11 is 0. The highest BCUT2D eigenvalue weighted by molar-refractivity contribution is 5.95. The number of hydrogen-bond acceptors (Lipinski definition) is 4. The first kappa shape index (κ1) is 14.2. The molecule has 1 heterocycles. The Labute approximate surface area is 118 Å². The highest BCUT2D eigenvalue weighted by Crippen LogP contribution is 2.30. The van der Waals surface area contributed by atoms with E-state index < -0.39 is 0 Å². The van der Waals surface area contributed by atoms with Crippen molar-refractivity contribution in [1.29, 1.82) is 0 Å². The minimum atomic E-state index is 0.0241. The lowest BCUT2D eigenvalue weighted by Crippen LogP contribution is -2.24. The van der Waals surface area contributed by atoms with Crippen molar-refractivity contribution < 1.29 is 9.59 Å². The molecule has 2 amide bonds. The van der Waals surface area contributed by atoms with Crippen molar-refractivity contribution in [2.75, 3.05) is 37.0 Å². The number of aryl methyl sites for hydroxylation is 1. The Bertz CT molecular complexity index is 540. The van der Waals surface area contributed by atoms with E-state index in [1.54, 1.807) is 19.0 Å². The summed E-state index contributed by atoms with van der Waals surface area (Å²) in [5, 5.41) is 5.98. The molecule has 1 aliphatic rings. The third-order valence-electron chi connectivity index (χ3n) is 3.32. The van der Waals surface area contributed by atoms with E-state index in [-0.39, 0.29) is 11.8 Å². The number of nitrogens with zero attached hydrogens (tertiary/aromatic N) is 1. The van der Waals surface area contributed by atoms with Gasteiger partial charge in [0.15, 0.2) is 0 Å². The van der Waals surface area contributed by atoms with Crippen molar-refractivity contribution in [2.24, 2.45) is 0 Å². The summed E-state index contributed by atoms with van der Waals surface area (Å²) in [6.45, 7) is 0.508. The van der Waals surface area contributed by atoms with Gasteiger partial charge in [0, 0.05) is 39.2 Å². The van der Waals surface area contributed by atoms with Gasteiger partial charge in [0.2, 0.25) is 11.8 Å². The SMILES string of the molecule is CN(C)C(=O)CCNc1cc2c(cc1N)CCC(=O)N2. The van der Waals surface area contributed by atoms with E-state index >= 15 is 0 Å². The molecule has 1 aromatic carbocycles. The third kappa shape index (κ3) is 3.20. The Morgan fingerprint density at radius 3 is 2.85 bits per heavy atom. The minimum Gasteiger partial charge on any atom is -0.397 e. The summed E-state index contributed by atoms with van der Waals surface area (Å²) in [6.07, 6.45) is 1.61. The smallest absolute Gasteiger partial charge is 0.224 e. The first-order chi connectivity index (χ1) is 9.47. The number of carbonyl (C=O) groups is 2. The molecule has 0 atom stereocenters. The zero-order valence-corrected chi connectivity index (χ0v) is 11.8. The molecular formula is C14H20N4O2. The van der Waals surface area contributed by atoms with E-state index in [0.717, 1.165) is 16.9 Å². The number of nitrogens with one attached hydrogen (secondary N) is 2. The van der Waals surface area contributed by atoms with Gasteiger partial charge in [-0.2, -0.15) is 0 Å². The quantitative estimate of drug-likeness (QED) is 0.717. The van der Waals surface area contributed by atoms with Crippen LogP contribution in [-0.2, 0) is 16.0 Å². The summed E-state index contributed by atoms with van der Waals surface area (Å²) in [4.78, 5) is 24.4. The van der Waals surface area contributed by atoms with Gasteiger partial charge in [-0.05, 0) is 24.1 Å². The number of anilines is 3. The number of benzene rings is 1. The van der Waals surface area contributed by atoms with Crippen LogP contribution in [0.2, 0.25) is 0 Å². The fraction of sp³-hybridized carbons (Fsp3) is 0.429. The van der Waals surface area contributed by atoms with Crippen molar-refractivity contribution in [1.82, 2.24) is 4.90 Å². The lowest BCUT2D eigenvalue weighted by molar-refractivity contribution is -0.128. The van der Waals surface area contributed by atoms with Crippen molar-refractivity contribution in [3.8, 4) is 0 Å². The fourth-order valence-corrected chi connectivity index (χ4v) is 2.13. The number of fused-ring (bicyclic) bond motifs is 1. The molecule has 6 nitrogen and oxygen atoms in total. The van der Waals surface area contributed by atoms with Crippen LogP contribution in [0.25, 0.3) is 0 Å². The van der Waals surface area contributed by atoms with Crippen molar-refractivity contribution in [3.63, 3.8) is 0 Å². The fourth-order valence-electron chi connectivity index (χ4n) is 2.13. The Morgan fingerprint density at radius 2 is 2.15 bits per heavy atom. The molecule has 0 fully saturated rings. The molecule has 20 heavy (non-hydrogen) atoms. The Balaban J connectivity index is 2.03. The Morgan fingerprint density at radius 1 is 1.40 bits per heavy atom. The summed E-state index contributed by atoms with van der Waals surface area (Å²) < 4.78 is 0. The molecule has 6 heteroatoms. The molecule has 0 spiro atoms. The lowest BCUT2D eigenvalue weighted by atomic mass is 10.0. The van der Waals surface area contributed by atoms with Crippen LogP contribution < -0.4 is 16.4 Å². The second kappa shape index (κ2) is 5.81. The van der Waals surface area contributed by atoms with E-state index in [1.807, 2.05) is 12.1 Å². The number of carbonyl (C=O) groups excluding carboxylic acids is 2. The van der Waals surface area contributed by atoms with E-state index in [0.29, 0.717) is 31.5 Å². The maximum atomic E-state index is 11.5. The molecule has 0 saturated heterocycles. The van der Waals surface area contributed by atoms with Crippen LogP contribution in [0.4, 0.5) is 17.1 Å². The van der Waals surface area contributed by atoms with Gasteiger partial charge in [-0.25, -0.2) is 0 Å². The van der Waals surface area contributed by atoms with Crippen LogP contribution in [-0.4, -0.2) is 37.4 Å². The third-order valence-corrected chi connectivity index (χ3v) is 3.32. The number of nitrogen functional groups attached to an aromatic ring is 1. The topological polar surface area (TPSA) is 87.5 Å². The monoisotopic (exact) mass is 276 g/mol. The summed E-state index contributed by atoms with van der Waals surface area (Å²) in [7, 11) is 3.45. The van der Waals surface area contributed by atoms with Gasteiger partial charge < -0.3 is 21.3 Å². The van der Waals surface area contributed by atoms with E-state index in [2.05, 4.69) is 10.6 Å². The predicted molar refractivity (Wildman–Crippen MR) is 79.6 cm³/mol. The van der Waals surface area contributed by atoms with Crippen LogP contribution in [0.1, 0.15) is 18.4 Å². The molecule has 0 aliphatic carbocycles. The number of hydrogen-bond donors (Lipinski definition) is 3. The zero-order chi connectivity index (χ0) is 14.7. The van der Waals surface area contributed by atoms with E-state index in [1.165, 1.54) is 0 Å². The minimum absolute atomic E-state index is 0.0241. The molecule has 1 aromatic rings. The number of amides is 2. The summed E-state index contributed by atoms with van der Waals surface area (Å²) in [5.74, 6) is 0.0818. The highest BCUT2D eigenvalue weighted by atomic mass is 16.2. The van der Waals surface area contributed by atoms with Gasteiger partial charge in [-0.1, -0.05) is 0 Å². The maximum Gasteiger partial charge on any atom is 0.224 e. The zero-order valence-electron chi connectivity index (χ0n) is 11.8. The second-order valence-corrected chi connectivity index (χ2v) is 5.11.